The second kappa shape index (κ2) is 8.00. The molecule has 0 amide bonds. The second-order valence-corrected chi connectivity index (χ2v) is 11.4. The zero-order valence-corrected chi connectivity index (χ0v) is 17.0. The normalized spacial score (nSPS) is 43.8. The summed E-state index contributed by atoms with van der Waals surface area (Å²) in [4.78, 5) is 0. The minimum atomic E-state index is -0.308. The van der Waals surface area contributed by atoms with Crippen LogP contribution in [-0.4, -0.2) is 0 Å². The van der Waals surface area contributed by atoms with E-state index >= 15 is 0 Å². The van der Waals surface area contributed by atoms with E-state index in [0.717, 1.165) is 36.8 Å². The number of halogens is 2. The van der Waals surface area contributed by atoms with Crippen LogP contribution in [0.2, 0.25) is 7.25 Å². The van der Waals surface area contributed by atoms with Gasteiger partial charge in [-0.25, -0.2) is 0 Å². The van der Waals surface area contributed by atoms with Crippen molar-refractivity contribution in [1.29, 1.82) is 0 Å². The zero-order chi connectivity index (χ0) is 13.5. The van der Waals surface area contributed by atoms with Gasteiger partial charge < -0.3 is 24.8 Å². The van der Waals surface area contributed by atoms with Gasteiger partial charge in [-0.05, 0) is 0 Å². The molecule has 7 unspecified atom stereocenters. The van der Waals surface area contributed by atoms with Crippen molar-refractivity contribution in [2.45, 2.75) is 33.4 Å². The average molecular weight is 415 g/mol. The van der Waals surface area contributed by atoms with Crippen LogP contribution >= 0.6 is 0 Å². The standard InChI is InChI=1S/C10H13.C9H11.2ClH.Zr/c1-8-6-9-4-2-3-5-10(9)7-8;1-2-5-9-7-3-6-8(9)4-1;;;/h2-6,8-10H,7H2,1H3;1-2,4-6,8-9H,3,7H2;2*1H;/q;;;;+2/p-2. The van der Waals surface area contributed by atoms with Gasteiger partial charge in [-0.2, -0.15) is 0 Å². The molecule has 2 fully saturated rings. The first kappa shape index (κ1) is 18.8. The molecule has 0 aliphatic heterocycles. The Kier molecular flexibility index (Phi) is 6.82. The monoisotopic (exact) mass is 412 g/mol. The average Bonchev–Trinajstić information content (AvgIpc) is 3.02. The molecule has 0 aromatic rings. The molecule has 4 aliphatic rings. The summed E-state index contributed by atoms with van der Waals surface area (Å²) in [5, 5.41) is 0. The number of fused-ring (bicyclic) bond motifs is 2. The molecule has 2 saturated carbocycles. The van der Waals surface area contributed by atoms with Crippen LogP contribution in [0.25, 0.3) is 0 Å². The molecule has 118 valence electrons. The molecule has 4 rings (SSSR count). The molecule has 0 bridgehead atoms. The Bertz CT molecular complexity index is 494. The zero-order valence-electron chi connectivity index (χ0n) is 13.0. The molecule has 0 heterocycles. The summed E-state index contributed by atoms with van der Waals surface area (Å²) in [6.07, 6.45) is 23.7. The van der Waals surface area contributed by atoms with Crippen LogP contribution in [0.4, 0.5) is 0 Å². The van der Waals surface area contributed by atoms with E-state index in [1.807, 2.05) is 0 Å². The number of rotatable bonds is 2. The fourth-order valence-corrected chi connectivity index (χ4v) is 11.0. The number of hydrogen-bond donors (Lipinski definition) is 0. The van der Waals surface area contributed by atoms with Crippen LogP contribution in [0.15, 0.2) is 48.6 Å². The second-order valence-electron chi connectivity index (χ2n) is 7.11. The van der Waals surface area contributed by atoms with E-state index in [1.165, 1.54) is 19.3 Å². The predicted octanol–water partition coefficient (Wildman–Crippen LogP) is -0.796. The Morgan fingerprint density at radius 2 is 1.41 bits per heavy atom. The van der Waals surface area contributed by atoms with E-state index in [1.54, 1.807) is 0 Å². The predicted molar refractivity (Wildman–Crippen MR) is 81.0 cm³/mol. The summed E-state index contributed by atoms with van der Waals surface area (Å²) < 4.78 is 2.20. The molecule has 0 aromatic carbocycles. The first-order valence-electron chi connectivity index (χ1n) is 8.29. The first-order valence-corrected chi connectivity index (χ1v) is 11.1. The maximum absolute atomic E-state index is 2.54. The van der Waals surface area contributed by atoms with Crippen LogP contribution in [-0.2, 0) is 23.2 Å². The number of allylic oxidation sites excluding steroid dienone is 8. The van der Waals surface area contributed by atoms with Crippen molar-refractivity contribution in [2.24, 2.45) is 29.6 Å². The quantitative estimate of drug-likeness (QED) is 0.556. The summed E-state index contributed by atoms with van der Waals surface area (Å²) in [7, 11) is 0. The molecule has 3 heteroatoms. The van der Waals surface area contributed by atoms with Crippen molar-refractivity contribution in [2.75, 3.05) is 0 Å². The van der Waals surface area contributed by atoms with E-state index < -0.39 is 0 Å². The Morgan fingerprint density at radius 1 is 0.773 bits per heavy atom. The molecule has 7 atom stereocenters. The van der Waals surface area contributed by atoms with Gasteiger partial charge in [-0.15, -0.1) is 0 Å². The van der Waals surface area contributed by atoms with Gasteiger partial charge in [-0.1, -0.05) is 0 Å². The van der Waals surface area contributed by atoms with Gasteiger partial charge in [0.05, 0.1) is 0 Å². The van der Waals surface area contributed by atoms with E-state index in [2.05, 4.69) is 55.5 Å². The SMILES string of the molecule is CC1CC2C=CC=CC2[CH]1[Zr+2][CH]1CCC2C=CC=CC21.[Cl-].[Cl-]. The molecule has 0 aromatic heterocycles. The largest absolute Gasteiger partial charge is 1.00 e. The molecule has 0 radical (unpaired) electrons. The van der Waals surface area contributed by atoms with Crippen molar-refractivity contribution in [3.8, 4) is 0 Å². The van der Waals surface area contributed by atoms with E-state index in [9.17, 15) is 0 Å². The van der Waals surface area contributed by atoms with Gasteiger partial charge in [-0.3, -0.25) is 0 Å². The molecule has 0 nitrogen and oxygen atoms in total. The fraction of sp³-hybridized carbons (Fsp3) is 0.579. The van der Waals surface area contributed by atoms with Crippen molar-refractivity contribution < 1.29 is 48.0 Å². The van der Waals surface area contributed by atoms with E-state index in [0.29, 0.717) is 0 Å². The summed E-state index contributed by atoms with van der Waals surface area (Å²) in [6.45, 7) is 2.54. The Hall–Kier alpha value is 0.423. The van der Waals surface area contributed by atoms with E-state index in [-0.39, 0.29) is 48.0 Å². The minimum absolute atomic E-state index is 0. The van der Waals surface area contributed by atoms with Crippen LogP contribution in [0.3, 0.4) is 0 Å². The maximum Gasteiger partial charge on any atom is -1.00 e. The molecule has 22 heavy (non-hydrogen) atoms. The van der Waals surface area contributed by atoms with Crippen LogP contribution in [0.1, 0.15) is 26.2 Å². The van der Waals surface area contributed by atoms with Crippen molar-refractivity contribution >= 4 is 0 Å². The number of hydrogen-bond acceptors (Lipinski definition) is 0. The summed E-state index contributed by atoms with van der Waals surface area (Å²) >= 11 is -0.308. The Morgan fingerprint density at radius 3 is 2.18 bits per heavy atom. The third-order valence-electron chi connectivity index (χ3n) is 5.95. The Labute approximate surface area is 159 Å². The molecule has 4 aliphatic carbocycles. The van der Waals surface area contributed by atoms with Gasteiger partial charge >= 0.3 is 135 Å². The molecule has 0 spiro atoms. The van der Waals surface area contributed by atoms with Gasteiger partial charge in [0, 0.05) is 0 Å². The minimum Gasteiger partial charge on any atom is -1.00 e. The van der Waals surface area contributed by atoms with Gasteiger partial charge in [0.1, 0.15) is 0 Å². The first-order chi connectivity index (χ1) is 9.83. The fourth-order valence-electron chi connectivity index (χ4n) is 4.92. The summed E-state index contributed by atoms with van der Waals surface area (Å²) in [5.41, 5.74) is 0. The third-order valence-corrected chi connectivity index (χ3v) is 11.9. The van der Waals surface area contributed by atoms with Gasteiger partial charge in [0.2, 0.25) is 0 Å². The topological polar surface area (TPSA) is 0 Å². The van der Waals surface area contributed by atoms with Crippen molar-refractivity contribution in [1.82, 2.24) is 0 Å². The van der Waals surface area contributed by atoms with Crippen LogP contribution < -0.4 is 24.8 Å². The third kappa shape index (κ3) is 3.43. The van der Waals surface area contributed by atoms with Gasteiger partial charge in [0.25, 0.3) is 0 Å². The van der Waals surface area contributed by atoms with Crippen molar-refractivity contribution in [3.05, 3.63) is 48.6 Å². The molecular formula is C19H24Cl2Zr. The van der Waals surface area contributed by atoms with Crippen molar-refractivity contribution in [3.63, 3.8) is 0 Å². The molecular weight excluding hydrogens is 390 g/mol. The van der Waals surface area contributed by atoms with Gasteiger partial charge in [0.15, 0.2) is 0 Å². The maximum atomic E-state index is 2.54. The summed E-state index contributed by atoms with van der Waals surface area (Å²) in [6, 6.07) is 0. The Balaban J connectivity index is 0.000000882. The molecule has 0 N–H and O–H groups in total. The van der Waals surface area contributed by atoms with Crippen LogP contribution in [0.5, 0.6) is 0 Å². The molecule has 0 saturated heterocycles. The van der Waals surface area contributed by atoms with Crippen LogP contribution in [0, 0.1) is 29.6 Å². The summed E-state index contributed by atoms with van der Waals surface area (Å²) in [5.74, 6) is 4.57. The van der Waals surface area contributed by atoms with E-state index in [4.69, 9.17) is 0 Å². The smallest absolute Gasteiger partial charge is 1.00 e.